The zero-order chi connectivity index (χ0) is 18.9. The van der Waals surface area contributed by atoms with E-state index in [-0.39, 0.29) is 17.7 Å². The second-order valence-corrected chi connectivity index (χ2v) is 8.17. The highest BCUT2D eigenvalue weighted by Crippen LogP contribution is 2.35. The van der Waals surface area contributed by atoms with E-state index in [0.717, 1.165) is 56.6 Å². The van der Waals surface area contributed by atoms with Crippen LogP contribution >= 0.6 is 0 Å². The van der Waals surface area contributed by atoms with Crippen LogP contribution in [0.25, 0.3) is 0 Å². The third-order valence-corrected chi connectivity index (χ3v) is 6.08. The fraction of sp³-hybridized carbons (Fsp3) is 0.619. The molecule has 6 nitrogen and oxygen atoms in total. The van der Waals surface area contributed by atoms with Gasteiger partial charge in [-0.25, -0.2) is 0 Å². The quantitative estimate of drug-likeness (QED) is 0.818. The zero-order valence-electron chi connectivity index (χ0n) is 16.1. The summed E-state index contributed by atoms with van der Waals surface area (Å²) in [5.41, 5.74) is 0.512. The molecule has 3 heterocycles. The summed E-state index contributed by atoms with van der Waals surface area (Å²) in [4.78, 5) is 29.2. The number of hydrogen-bond acceptors (Lipinski definition) is 4. The highest BCUT2D eigenvalue weighted by Gasteiger charge is 2.44. The van der Waals surface area contributed by atoms with Crippen LogP contribution in [0.2, 0.25) is 0 Å². The smallest absolute Gasteiger partial charge is 0.227 e. The maximum absolute atomic E-state index is 13.1. The van der Waals surface area contributed by atoms with E-state index in [1.54, 1.807) is 6.92 Å². The monoisotopic (exact) mass is 371 g/mol. The summed E-state index contributed by atoms with van der Waals surface area (Å²) in [6.45, 7) is 5.81. The van der Waals surface area contributed by atoms with Gasteiger partial charge in [-0.15, -0.1) is 0 Å². The van der Waals surface area contributed by atoms with Gasteiger partial charge in [0.2, 0.25) is 11.8 Å². The van der Waals surface area contributed by atoms with E-state index in [1.807, 2.05) is 34.1 Å². The third-order valence-electron chi connectivity index (χ3n) is 6.08. The lowest BCUT2D eigenvalue weighted by Crippen LogP contribution is -2.59. The van der Waals surface area contributed by atoms with Crippen LogP contribution in [0.1, 0.15) is 38.2 Å². The fourth-order valence-corrected chi connectivity index (χ4v) is 4.65. The van der Waals surface area contributed by atoms with Crippen LogP contribution < -0.4 is 10.1 Å². The lowest BCUT2D eigenvalue weighted by atomic mass is 9.89. The van der Waals surface area contributed by atoms with Crippen LogP contribution in [0, 0.1) is 5.92 Å². The van der Waals surface area contributed by atoms with Crippen molar-refractivity contribution in [2.75, 3.05) is 32.7 Å². The van der Waals surface area contributed by atoms with E-state index in [0.29, 0.717) is 19.6 Å². The molecular formula is C21H29N3O3. The van der Waals surface area contributed by atoms with E-state index >= 15 is 0 Å². The van der Waals surface area contributed by atoms with Crippen LogP contribution in [0.5, 0.6) is 5.75 Å². The minimum atomic E-state index is -0.520. The van der Waals surface area contributed by atoms with Gasteiger partial charge in [0.1, 0.15) is 11.4 Å². The Morgan fingerprint density at radius 1 is 1.19 bits per heavy atom. The Balaban J connectivity index is 1.58. The Morgan fingerprint density at radius 2 is 2.00 bits per heavy atom. The fourth-order valence-electron chi connectivity index (χ4n) is 4.65. The number of piperidine rings is 2. The van der Waals surface area contributed by atoms with E-state index < -0.39 is 5.60 Å². The van der Waals surface area contributed by atoms with Crippen molar-refractivity contribution in [3.8, 4) is 5.75 Å². The normalized spacial score (nSPS) is 28.3. The number of ether oxygens (including phenoxy) is 1. The molecule has 0 unspecified atom stereocenters. The van der Waals surface area contributed by atoms with Crippen molar-refractivity contribution in [2.45, 2.75) is 44.8 Å². The maximum Gasteiger partial charge on any atom is 0.227 e. The molecule has 2 saturated heterocycles. The number of benzene rings is 1. The number of carbonyl (C=O) groups is 2. The first-order valence-corrected chi connectivity index (χ1v) is 10.1. The minimum absolute atomic E-state index is 0.0506. The Hall–Kier alpha value is -2.08. The number of amides is 2. The SMILES string of the molecule is CC(=O)N1Cc2ccccc2O[C@@]2(CCCN(C(=O)[C@H]3CCCNC3)C2)C1. The second-order valence-electron chi connectivity index (χ2n) is 8.17. The van der Waals surface area contributed by atoms with Gasteiger partial charge in [-0.2, -0.15) is 0 Å². The zero-order valence-corrected chi connectivity index (χ0v) is 16.1. The highest BCUT2D eigenvalue weighted by molar-refractivity contribution is 5.79. The van der Waals surface area contributed by atoms with Crippen molar-refractivity contribution in [1.29, 1.82) is 0 Å². The van der Waals surface area contributed by atoms with Gasteiger partial charge in [-0.05, 0) is 38.3 Å². The Labute approximate surface area is 160 Å². The second kappa shape index (κ2) is 7.50. The maximum atomic E-state index is 13.1. The van der Waals surface area contributed by atoms with E-state index in [4.69, 9.17) is 4.74 Å². The number of rotatable bonds is 1. The molecule has 0 aliphatic carbocycles. The first-order chi connectivity index (χ1) is 13.1. The molecule has 2 fully saturated rings. The Morgan fingerprint density at radius 3 is 2.78 bits per heavy atom. The van der Waals surface area contributed by atoms with Crippen molar-refractivity contribution >= 4 is 11.8 Å². The summed E-state index contributed by atoms with van der Waals surface area (Å²) < 4.78 is 6.53. The van der Waals surface area contributed by atoms with Gasteiger partial charge < -0.3 is 19.9 Å². The van der Waals surface area contributed by atoms with E-state index in [9.17, 15) is 9.59 Å². The number of hydrogen-bond donors (Lipinski definition) is 1. The molecule has 1 spiro atoms. The number of nitrogens with one attached hydrogen (secondary N) is 1. The van der Waals surface area contributed by atoms with Gasteiger partial charge in [0, 0.05) is 32.1 Å². The molecule has 0 radical (unpaired) electrons. The molecule has 1 N–H and O–H groups in total. The highest BCUT2D eigenvalue weighted by atomic mass is 16.5. The summed E-state index contributed by atoms with van der Waals surface area (Å²) in [5.74, 6) is 1.19. The van der Waals surface area contributed by atoms with E-state index in [1.165, 1.54) is 0 Å². The van der Waals surface area contributed by atoms with Crippen LogP contribution in [-0.4, -0.2) is 59.9 Å². The molecule has 3 aliphatic heterocycles. The molecule has 2 amide bonds. The first kappa shape index (κ1) is 18.3. The summed E-state index contributed by atoms with van der Waals surface area (Å²) in [6, 6.07) is 7.94. The van der Waals surface area contributed by atoms with Crippen LogP contribution in [-0.2, 0) is 16.1 Å². The van der Waals surface area contributed by atoms with Crippen molar-refractivity contribution in [2.24, 2.45) is 5.92 Å². The van der Waals surface area contributed by atoms with Gasteiger partial charge in [-0.3, -0.25) is 9.59 Å². The lowest BCUT2D eigenvalue weighted by molar-refractivity contribution is -0.144. The van der Waals surface area contributed by atoms with Crippen molar-refractivity contribution in [1.82, 2.24) is 15.1 Å². The first-order valence-electron chi connectivity index (χ1n) is 10.1. The Kier molecular flexibility index (Phi) is 5.08. The van der Waals surface area contributed by atoms with E-state index in [2.05, 4.69) is 5.32 Å². The molecule has 0 aromatic heterocycles. The molecule has 1 aromatic rings. The van der Waals surface area contributed by atoms with Crippen molar-refractivity contribution < 1.29 is 14.3 Å². The number of fused-ring (bicyclic) bond motifs is 1. The average Bonchev–Trinajstić information content (AvgIpc) is 2.84. The molecule has 2 atom stereocenters. The molecule has 3 aliphatic rings. The number of carbonyl (C=O) groups excluding carboxylic acids is 2. The molecule has 0 saturated carbocycles. The largest absolute Gasteiger partial charge is 0.483 e. The van der Waals surface area contributed by atoms with Crippen LogP contribution in [0.3, 0.4) is 0 Å². The standard InChI is InChI=1S/C21H29N3O3/c1-16(25)24-13-18-6-2-3-8-19(18)27-21(15-24)9-5-11-23(14-21)20(26)17-7-4-10-22-12-17/h2-3,6,8,17,22H,4-5,7,9-15H2,1H3/t17-,21+/m0/s1. The summed E-state index contributed by atoms with van der Waals surface area (Å²) in [7, 11) is 0. The number of likely N-dealkylation sites (tertiary alicyclic amines) is 1. The molecule has 6 heteroatoms. The minimum Gasteiger partial charge on any atom is -0.483 e. The molecule has 4 rings (SSSR count). The Bertz CT molecular complexity index is 716. The molecular weight excluding hydrogens is 342 g/mol. The van der Waals surface area contributed by atoms with Crippen LogP contribution in [0.4, 0.5) is 0 Å². The molecule has 0 bridgehead atoms. The number of para-hydroxylation sites is 1. The van der Waals surface area contributed by atoms with Gasteiger partial charge in [-0.1, -0.05) is 18.2 Å². The summed E-state index contributed by atoms with van der Waals surface area (Å²) >= 11 is 0. The predicted molar refractivity (Wildman–Crippen MR) is 102 cm³/mol. The summed E-state index contributed by atoms with van der Waals surface area (Å²) in [5, 5.41) is 3.34. The van der Waals surface area contributed by atoms with Gasteiger partial charge in [0.05, 0.1) is 19.0 Å². The number of nitrogens with zero attached hydrogens (tertiary/aromatic N) is 2. The van der Waals surface area contributed by atoms with Crippen LogP contribution in [0.15, 0.2) is 24.3 Å². The average molecular weight is 371 g/mol. The van der Waals surface area contributed by atoms with Gasteiger partial charge in [0.25, 0.3) is 0 Å². The lowest BCUT2D eigenvalue weighted by Gasteiger charge is -2.44. The molecule has 27 heavy (non-hydrogen) atoms. The third kappa shape index (κ3) is 3.81. The van der Waals surface area contributed by atoms with Crippen molar-refractivity contribution in [3.63, 3.8) is 0 Å². The van der Waals surface area contributed by atoms with Crippen molar-refractivity contribution in [3.05, 3.63) is 29.8 Å². The molecule has 146 valence electrons. The predicted octanol–water partition coefficient (Wildman–Crippen LogP) is 1.79. The summed E-state index contributed by atoms with van der Waals surface area (Å²) in [6.07, 6.45) is 3.77. The topological polar surface area (TPSA) is 61.9 Å². The molecule has 1 aromatic carbocycles. The van der Waals surface area contributed by atoms with Gasteiger partial charge in [0.15, 0.2) is 0 Å². The van der Waals surface area contributed by atoms with Gasteiger partial charge >= 0.3 is 0 Å².